The van der Waals surface area contributed by atoms with Crippen LogP contribution in [0.3, 0.4) is 0 Å². The van der Waals surface area contributed by atoms with Crippen LogP contribution in [0.5, 0.6) is 0 Å². The molecule has 0 fully saturated rings. The first kappa shape index (κ1) is 18.8. The number of halogens is 3. The molecule has 3 rings (SSSR count). The second-order valence-electron chi connectivity index (χ2n) is 5.52. The van der Waals surface area contributed by atoms with E-state index in [0.717, 1.165) is 22.3 Å². The van der Waals surface area contributed by atoms with E-state index >= 15 is 0 Å². The molecule has 0 aliphatic carbocycles. The van der Waals surface area contributed by atoms with E-state index in [2.05, 4.69) is 5.32 Å². The highest BCUT2D eigenvalue weighted by Crippen LogP contribution is 2.25. The number of carbonyl (C=O) groups excluding carboxylic acids is 1. The molecule has 1 N–H and O–H groups in total. The van der Waals surface area contributed by atoms with Crippen molar-refractivity contribution in [2.75, 3.05) is 5.32 Å². The van der Waals surface area contributed by atoms with Crippen LogP contribution in [0.4, 0.5) is 10.1 Å². The highest BCUT2D eigenvalue weighted by molar-refractivity contribution is 7.98. The number of hydrogen-bond acceptors (Lipinski definition) is 2. The lowest BCUT2D eigenvalue weighted by Gasteiger charge is -2.08. The van der Waals surface area contributed by atoms with E-state index in [1.54, 1.807) is 23.9 Å². The van der Waals surface area contributed by atoms with Crippen molar-refractivity contribution in [3.8, 4) is 0 Å². The van der Waals surface area contributed by atoms with Gasteiger partial charge in [0.25, 0.3) is 5.91 Å². The molecule has 0 saturated carbocycles. The average molecular weight is 406 g/mol. The van der Waals surface area contributed by atoms with Crippen LogP contribution >= 0.6 is 35.0 Å². The average Bonchev–Trinajstić information content (AvgIpc) is 2.64. The van der Waals surface area contributed by atoms with Crippen LogP contribution in [-0.2, 0) is 5.75 Å². The molecule has 132 valence electrons. The molecule has 0 aliphatic heterocycles. The van der Waals surface area contributed by atoms with Crippen molar-refractivity contribution in [1.29, 1.82) is 0 Å². The predicted octanol–water partition coefficient (Wildman–Crippen LogP) is 6.68. The molecule has 0 spiro atoms. The van der Waals surface area contributed by atoms with Gasteiger partial charge in [0.05, 0.1) is 5.69 Å². The maximum atomic E-state index is 13.8. The molecule has 0 bridgehead atoms. The minimum atomic E-state index is -0.568. The van der Waals surface area contributed by atoms with Crippen LogP contribution in [-0.4, -0.2) is 5.91 Å². The summed E-state index contributed by atoms with van der Waals surface area (Å²) >= 11 is 13.3. The van der Waals surface area contributed by atoms with E-state index in [1.807, 2.05) is 36.4 Å². The highest BCUT2D eigenvalue weighted by Gasteiger charge is 2.10. The number of nitrogens with one attached hydrogen (secondary N) is 1. The lowest BCUT2D eigenvalue weighted by atomic mass is 10.1. The van der Waals surface area contributed by atoms with E-state index in [1.165, 1.54) is 12.1 Å². The van der Waals surface area contributed by atoms with Gasteiger partial charge < -0.3 is 5.32 Å². The predicted molar refractivity (Wildman–Crippen MR) is 107 cm³/mol. The lowest BCUT2D eigenvalue weighted by molar-refractivity contribution is 0.102. The van der Waals surface area contributed by atoms with Crippen molar-refractivity contribution in [3.05, 3.63) is 93.7 Å². The van der Waals surface area contributed by atoms with Crippen molar-refractivity contribution in [2.45, 2.75) is 10.6 Å². The molecule has 3 aromatic carbocycles. The number of thioether (sulfide) groups is 1. The topological polar surface area (TPSA) is 29.1 Å². The first-order valence-corrected chi connectivity index (χ1v) is 9.49. The van der Waals surface area contributed by atoms with Crippen LogP contribution in [0.15, 0.2) is 71.6 Å². The molecule has 2 nitrogen and oxygen atoms in total. The fourth-order valence-electron chi connectivity index (χ4n) is 2.24. The van der Waals surface area contributed by atoms with Crippen molar-refractivity contribution in [3.63, 3.8) is 0 Å². The van der Waals surface area contributed by atoms with Gasteiger partial charge in [0.15, 0.2) is 0 Å². The zero-order chi connectivity index (χ0) is 18.5. The second kappa shape index (κ2) is 8.58. The fourth-order valence-corrected chi connectivity index (χ4v) is 3.37. The van der Waals surface area contributed by atoms with Crippen LogP contribution in [0.1, 0.15) is 15.9 Å². The first-order chi connectivity index (χ1) is 12.5. The van der Waals surface area contributed by atoms with Crippen LogP contribution in [0, 0.1) is 5.82 Å². The SMILES string of the molecule is O=C(Nc1ccc(Cl)cc1F)c1ccc(CSc2ccc(Cl)cc2)cc1. The number of hydrogen-bond donors (Lipinski definition) is 1. The van der Waals surface area contributed by atoms with Gasteiger partial charge in [-0.3, -0.25) is 4.79 Å². The van der Waals surface area contributed by atoms with E-state index in [-0.39, 0.29) is 16.6 Å². The van der Waals surface area contributed by atoms with Gasteiger partial charge in [0.1, 0.15) is 5.82 Å². The van der Waals surface area contributed by atoms with Crippen LogP contribution < -0.4 is 5.32 Å². The minimum Gasteiger partial charge on any atom is -0.319 e. The summed E-state index contributed by atoms with van der Waals surface area (Å²) in [5.74, 6) is -0.167. The number of benzene rings is 3. The number of carbonyl (C=O) groups is 1. The molecule has 0 atom stereocenters. The largest absolute Gasteiger partial charge is 0.319 e. The maximum absolute atomic E-state index is 13.8. The second-order valence-corrected chi connectivity index (χ2v) is 7.44. The van der Waals surface area contributed by atoms with Crippen LogP contribution in [0.25, 0.3) is 0 Å². The maximum Gasteiger partial charge on any atom is 0.255 e. The third kappa shape index (κ3) is 5.01. The molecule has 0 radical (unpaired) electrons. The quantitative estimate of drug-likeness (QED) is 0.479. The van der Waals surface area contributed by atoms with Crippen LogP contribution in [0.2, 0.25) is 10.0 Å². The van der Waals surface area contributed by atoms with Crippen molar-refractivity contribution in [2.24, 2.45) is 0 Å². The molecular formula is C20H14Cl2FNOS. The summed E-state index contributed by atoms with van der Waals surface area (Å²) in [6.45, 7) is 0. The Morgan fingerprint density at radius 2 is 1.58 bits per heavy atom. The van der Waals surface area contributed by atoms with Crippen molar-refractivity contribution < 1.29 is 9.18 Å². The molecular weight excluding hydrogens is 392 g/mol. The van der Waals surface area contributed by atoms with Gasteiger partial charge >= 0.3 is 0 Å². The zero-order valence-corrected chi connectivity index (χ0v) is 15.8. The molecule has 3 aromatic rings. The van der Waals surface area contributed by atoms with Gasteiger partial charge in [-0.05, 0) is 60.2 Å². The third-order valence-corrected chi connectivity index (χ3v) is 5.18. The number of anilines is 1. The fraction of sp³-hybridized carbons (Fsp3) is 0.0500. The smallest absolute Gasteiger partial charge is 0.255 e. The Balaban J connectivity index is 1.61. The Bertz CT molecular complexity index is 914. The Hall–Kier alpha value is -2.01. The lowest BCUT2D eigenvalue weighted by Crippen LogP contribution is -2.12. The number of rotatable bonds is 5. The molecule has 1 amide bonds. The third-order valence-electron chi connectivity index (χ3n) is 3.61. The van der Waals surface area contributed by atoms with E-state index in [4.69, 9.17) is 23.2 Å². The summed E-state index contributed by atoms with van der Waals surface area (Å²) in [6.07, 6.45) is 0. The Kier molecular flexibility index (Phi) is 6.20. The first-order valence-electron chi connectivity index (χ1n) is 7.75. The Morgan fingerprint density at radius 1 is 0.923 bits per heavy atom. The molecule has 0 unspecified atom stereocenters. The highest BCUT2D eigenvalue weighted by atomic mass is 35.5. The molecule has 26 heavy (non-hydrogen) atoms. The number of amides is 1. The minimum absolute atomic E-state index is 0.0989. The van der Waals surface area contributed by atoms with Gasteiger partial charge in [0.2, 0.25) is 0 Å². The molecule has 0 aliphatic rings. The molecule has 6 heteroatoms. The van der Waals surface area contributed by atoms with Gasteiger partial charge in [-0.1, -0.05) is 35.3 Å². The summed E-state index contributed by atoms with van der Waals surface area (Å²) in [5, 5.41) is 3.54. The molecule has 0 saturated heterocycles. The molecule has 0 aromatic heterocycles. The van der Waals surface area contributed by atoms with Gasteiger partial charge in [-0.2, -0.15) is 0 Å². The summed E-state index contributed by atoms with van der Waals surface area (Å²) in [4.78, 5) is 13.4. The van der Waals surface area contributed by atoms with Gasteiger partial charge in [0, 0.05) is 26.3 Å². The van der Waals surface area contributed by atoms with E-state index in [0.29, 0.717) is 10.6 Å². The van der Waals surface area contributed by atoms with E-state index < -0.39 is 5.82 Å². The monoisotopic (exact) mass is 405 g/mol. The van der Waals surface area contributed by atoms with E-state index in [9.17, 15) is 9.18 Å². The van der Waals surface area contributed by atoms with Crippen molar-refractivity contribution >= 4 is 46.6 Å². The summed E-state index contributed by atoms with van der Waals surface area (Å²) in [6, 6.07) is 19.0. The van der Waals surface area contributed by atoms with Crippen molar-refractivity contribution in [1.82, 2.24) is 0 Å². The zero-order valence-electron chi connectivity index (χ0n) is 13.5. The summed E-state index contributed by atoms with van der Waals surface area (Å²) in [7, 11) is 0. The van der Waals surface area contributed by atoms with Gasteiger partial charge in [-0.25, -0.2) is 4.39 Å². The normalized spacial score (nSPS) is 10.6. The Morgan fingerprint density at radius 3 is 2.23 bits per heavy atom. The molecule has 0 heterocycles. The Labute approximate surface area is 165 Å². The summed E-state index contributed by atoms with van der Waals surface area (Å²) in [5.41, 5.74) is 1.64. The summed E-state index contributed by atoms with van der Waals surface area (Å²) < 4.78 is 13.8. The standard InChI is InChI=1S/C20H14Cl2FNOS/c21-15-5-8-17(9-6-15)26-12-13-1-3-14(4-2-13)20(25)24-19-10-7-16(22)11-18(19)23/h1-11H,12H2,(H,24,25). The van der Waals surface area contributed by atoms with Gasteiger partial charge in [-0.15, -0.1) is 11.8 Å².